The molecule has 4 nitrogen and oxygen atoms in total. The molecule has 0 aliphatic rings. The van der Waals surface area contributed by atoms with E-state index < -0.39 is 6.43 Å². The first kappa shape index (κ1) is 19.8. The average Bonchev–Trinajstić information content (AvgIpc) is 3.13. The second kappa shape index (κ2) is 8.06. The van der Waals surface area contributed by atoms with Gasteiger partial charge in [-0.15, -0.1) is 0 Å². The molecule has 0 unspecified atom stereocenters. The van der Waals surface area contributed by atoms with Gasteiger partial charge in [0.25, 0.3) is 0 Å². The van der Waals surface area contributed by atoms with E-state index in [0.29, 0.717) is 17.0 Å². The molecule has 0 saturated carbocycles. The lowest BCUT2D eigenvalue weighted by molar-refractivity contribution is 0.149. The number of alkyl halides is 2. The van der Waals surface area contributed by atoms with Crippen molar-refractivity contribution in [1.29, 1.82) is 0 Å². The molecule has 0 amide bonds. The van der Waals surface area contributed by atoms with Gasteiger partial charge in [0.05, 0.1) is 11.9 Å². The van der Waals surface area contributed by atoms with E-state index in [9.17, 15) is 8.78 Å². The predicted molar refractivity (Wildman–Crippen MR) is 117 cm³/mol. The van der Waals surface area contributed by atoms with Crippen LogP contribution in [-0.4, -0.2) is 20.8 Å². The largest absolute Gasteiger partial charge is 0.337 e. The van der Waals surface area contributed by atoms with Crippen LogP contribution in [-0.2, 0) is 6.42 Å². The molecular weight excluding hydrogens is 382 g/mol. The summed E-state index contributed by atoms with van der Waals surface area (Å²) in [4.78, 5) is 8.98. The Labute approximate surface area is 173 Å². The van der Waals surface area contributed by atoms with Crippen LogP contribution >= 0.6 is 0 Å². The molecule has 1 N–H and O–H groups in total. The predicted octanol–water partition coefficient (Wildman–Crippen LogP) is 6.29. The molecule has 0 aliphatic carbocycles. The van der Waals surface area contributed by atoms with Gasteiger partial charge in [0.2, 0.25) is 6.43 Å². The minimum Gasteiger partial charge on any atom is -0.337 e. The zero-order chi connectivity index (χ0) is 21.3. The molecule has 2 aromatic carbocycles. The lowest BCUT2D eigenvalue weighted by atomic mass is 10.0. The lowest BCUT2D eigenvalue weighted by Crippen LogP contribution is -1.99. The summed E-state index contributed by atoms with van der Waals surface area (Å²) in [7, 11) is 0. The van der Waals surface area contributed by atoms with Crippen LogP contribution in [0.2, 0.25) is 0 Å². The maximum Gasteiger partial charge on any atom is 0.242 e. The van der Waals surface area contributed by atoms with Crippen molar-refractivity contribution < 1.29 is 8.78 Å². The Hall–Kier alpha value is -3.54. The van der Waals surface area contributed by atoms with E-state index >= 15 is 0 Å². The molecule has 4 aromatic rings. The number of nitrogens with one attached hydrogen (secondary N) is 1. The van der Waals surface area contributed by atoms with E-state index in [1.165, 1.54) is 0 Å². The summed E-state index contributed by atoms with van der Waals surface area (Å²) in [5, 5.41) is 3.34. The lowest BCUT2D eigenvalue weighted by Gasteiger charge is -2.11. The molecule has 0 spiro atoms. The van der Waals surface area contributed by atoms with Crippen molar-refractivity contribution in [1.82, 2.24) is 14.4 Å². The fourth-order valence-corrected chi connectivity index (χ4v) is 3.57. The van der Waals surface area contributed by atoms with Crippen LogP contribution in [0.15, 0.2) is 67.6 Å². The topological polar surface area (TPSA) is 42.2 Å². The summed E-state index contributed by atoms with van der Waals surface area (Å²) >= 11 is 0. The van der Waals surface area contributed by atoms with Crippen LogP contribution in [0.5, 0.6) is 0 Å². The molecule has 6 heteroatoms. The van der Waals surface area contributed by atoms with E-state index in [0.717, 1.165) is 33.6 Å². The molecule has 152 valence electrons. The fourth-order valence-electron chi connectivity index (χ4n) is 3.57. The first-order valence-corrected chi connectivity index (χ1v) is 9.65. The van der Waals surface area contributed by atoms with Crippen molar-refractivity contribution in [3.05, 3.63) is 84.3 Å². The summed E-state index contributed by atoms with van der Waals surface area (Å²) in [6.07, 6.45) is 2.72. The highest BCUT2D eigenvalue weighted by atomic mass is 19.3. The number of benzene rings is 2. The van der Waals surface area contributed by atoms with Crippen LogP contribution in [0.25, 0.3) is 22.5 Å². The third-order valence-corrected chi connectivity index (χ3v) is 5.02. The van der Waals surface area contributed by atoms with Crippen molar-refractivity contribution >= 4 is 22.7 Å². The van der Waals surface area contributed by atoms with Crippen LogP contribution in [0, 0.1) is 6.92 Å². The minimum absolute atomic E-state index is 0.241. The van der Waals surface area contributed by atoms with Crippen LogP contribution in [0.4, 0.5) is 20.3 Å². The highest BCUT2D eigenvalue weighted by molar-refractivity contribution is 5.75. The smallest absolute Gasteiger partial charge is 0.242 e. The maximum atomic E-state index is 12.6. The third-order valence-electron chi connectivity index (χ3n) is 5.02. The fraction of sp³-hybridized carbons (Fsp3) is 0.167. The summed E-state index contributed by atoms with van der Waals surface area (Å²) in [5.74, 6) is 0.639. The number of fused-ring (bicyclic) bond motifs is 1. The first-order valence-electron chi connectivity index (χ1n) is 9.65. The van der Waals surface area contributed by atoms with Gasteiger partial charge < -0.3 is 5.32 Å². The second-order valence-electron chi connectivity index (χ2n) is 7.34. The molecule has 2 heterocycles. The Morgan fingerprint density at radius 1 is 1.13 bits per heavy atom. The molecule has 0 fully saturated rings. The Kier molecular flexibility index (Phi) is 5.31. The zero-order valence-corrected chi connectivity index (χ0v) is 16.9. The van der Waals surface area contributed by atoms with Gasteiger partial charge in [0.15, 0.2) is 11.5 Å². The van der Waals surface area contributed by atoms with E-state index in [1.807, 2.05) is 41.8 Å². The van der Waals surface area contributed by atoms with Crippen molar-refractivity contribution in [2.45, 2.75) is 26.7 Å². The van der Waals surface area contributed by atoms with Gasteiger partial charge in [-0.2, -0.15) is 0 Å². The number of imidazole rings is 1. The molecule has 30 heavy (non-hydrogen) atoms. The van der Waals surface area contributed by atoms with Crippen LogP contribution in [0.1, 0.15) is 23.6 Å². The normalized spacial score (nSPS) is 11.2. The summed E-state index contributed by atoms with van der Waals surface area (Å²) in [5.41, 5.74) is 7.27. The number of allylic oxidation sites excluding steroid dienone is 1. The molecule has 0 aliphatic heterocycles. The second-order valence-corrected chi connectivity index (χ2v) is 7.34. The number of nitrogens with zero attached hydrogens (tertiary/aromatic N) is 3. The van der Waals surface area contributed by atoms with Crippen LogP contribution in [0.3, 0.4) is 0 Å². The highest BCUT2D eigenvalue weighted by Crippen LogP contribution is 2.27. The number of rotatable bonds is 6. The van der Waals surface area contributed by atoms with Crippen molar-refractivity contribution in [3.63, 3.8) is 0 Å². The van der Waals surface area contributed by atoms with E-state index in [-0.39, 0.29) is 6.42 Å². The van der Waals surface area contributed by atoms with Gasteiger partial charge in [-0.3, -0.25) is 4.40 Å². The van der Waals surface area contributed by atoms with Crippen LogP contribution < -0.4 is 5.32 Å². The number of hydrogen-bond acceptors (Lipinski definition) is 3. The van der Waals surface area contributed by atoms with E-state index in [4.69, 9.17) is 0 Å². The van der Waals surface area contributed by atoms with E-state index in [2.05, 4.69) is 34.9 Å². The summed E-state index contributed by atoms with van der Waals surface area (Å²) in [6.45, 7) is 8.05. The molecule has 0 saturated heterocycles. The van der Waals surface area contributed by atoms with Gasteiger partial charge in [-0.25, -0.2) is 18.7 Å². The molecule has 2 aromatic heterocycles. The number of hydrogen-bond donors (Lipinski definition) is 1. The van der Waals surface area contributed by atoms with Crippen molar-refractivity contribution in [3.8, 4) is 11.3 Å². The Morgan fingerprint density at radius 2 is 1.90 bits per heavy atom. The molecule has 4 rings (SSSR count). The average molecular weight is 404 g/mol. The number of anilines is 2. The molecule has 0 radical (unpaired) electrons. The van der Waals surface area contributed by atoms with Gasteiger partial charge >= 0.3 is 0 Å². The number of aromatic nitrogens is 3. The SMILES string of the molecule is C=C(C)c1ccc(Nc2nccn3c(-c4ccc(CC(F)F)cc4)cnc23)cc1C. The Bertz CT molecular complexity index is 1210. The minimum atomic E-state index is -2.35. The quantitative estimate of drug-likeness (QED) is 0.411. The molecule has 0 bridgehead atoms. The summed E-state index contributed by atoms with van der Waals surface area (Å²) in [6, 6.07) is 13.2. The zero-order valence-electron chi connectivity index (χ0n) is 16.9. The Balaban J connectivity index is 1.65. The first-order chi connectivity index (χ1) is 14.4. The monoisotopic (exact) mass is 404 g/mol. The standard InChI is InChI=1S/C24H22F2N4/c1-15(2)20-9-8-19(12-16(20)3)29-23-24-28-14-21(30(24)11-10-27-23)18-6-4-17(5-7-18)13-22(25)26/h4-12,14,22H,1,13H2,2-3H3,(H,27,29). The number of halogens is 2. The van der Waals surface area contributed by atoms with Crippen molar-refractivity contribution in [2.75, 3.05) is 5.32 Å². The van der Waals surface area contributed by atoms with Gasteiger partial charge in [-0.1, -0.05) is 42.5 Å². The number of aryl methyl sites for hydroxylation is 1. The van der Waals surface area contributed by atoms with E-state index in [1.54, 1.807) is 24.5 Å². The van der Waals surface area contributed by atoms with Gasteiger partial charge in [-0.05, 0) is 42.7 Å². The van der Waals surface area contributed by atoms with Crippen molar-refractivity contribution in [2.24, 2.45) is 0 Å². The molecule has 0 atom stereocenters. The van der Waals surface area contributed by atoms with Gasteiger partial charge in [0.1, 0.15) is 0 Å². The highest BCUT2D eigenvalue weighted by Gasteiger charge is 2.12. The third kappa shape index (κ3) is 3.94. The molecular formula is C24H22F2N4. The maximum absolute atomic E-state index is 12.6. The summed E-state index contributed by atoms with van der Waals surface area (Å²) < 4.78 is 27.1. The van der Waals surface area contributed by atoms with Gasteiger partial charge in [0, 0.05) is 30.1 Å². The Morgan fingerprint density at radius 3 is 2.57 bits per heavy atom.